The van der Waals surface area contributed by atoms with Gasteiger partial charge in [0.15, 0.2) is 0 Å². The summed E-state index contributed by atoms with van der Waals surface area (Å²) in [4.78, 5) is 108. The minimum Gasteiger partial charge on any atom is -0.391 e. The molecular weight excluding hydrogens is 943 g/mol. The number of aliphatic hydroxyl groups excluding tert-OH is 1. The van der Waals surface area contributed by atoms with Crippen molar-refractivity contribution in [1.82, 2.24) is 55.1 Å². The van der Waals surface area contributed by atoms with Gasteiger partial charge in [-0.2, -0.15) is 0 Å². The Balaban J connectivity index is 0.000000219. The van der Waals surface area contributed by atoms with Gasteiger partial charge >= 0.3 is 18.1 Å². The summed E-state index contributed by atoms with van der Waals surface area (Å²) in [6.07, 6.45) is 4.86. The number of nitrogens with zero attached hydrogens (tertiary/aromatic N) is 8. The molecular formula is C55H95N11O8. The monoisotopic (exact) mass is 1040 g/mol. The highest BCUT2D eigenvalue weighted by atomic mass is 16.3. The van der Waals surface area contributed by atoms with Gasteiger partial charge in [-0.1, -0.05) is 0 Å². The number of carbonyl (C=O) groups is 7. The number of piperidine rings is 4. The molecule has 0 aromatic rings. The fraction of sp³-hybridized carbons (Fsp3) is 0.873. The summed E-state index contributed by atoms with van der Waals surface area (Å²) in [6.45, 7) is 34.6. The summed E-state index contributed by atoms with van der Waals surface area (Å²) in [5.74, 6) is -0.765. The first-order valence-corrected chi connectivity index (χ1v) is 27.2. The predicted octanol–water partition coefficient (Wildman–Crippen LogP) is 5.29. The summed E-state index contributed by atoms with van der Waals surface area (Å²) in [5.41, 5.74) is -4.77. The SMILES string of the molecule is CN1C(C)(C)CC2(CC(=O)N(CCCC(O)CN3C(=O)NC4(CC(C)(C)N(C)C(C)(C)C4)C3=O)C2=O)CC1(C)C.CN1C(C)(C)CC2(CN(CN3C(=O)NC4(CC(C)(C)N(C)C(C)(C)C4)C3=O)C(=O)N2)CC1(C)C. The van der Waals surface area contributed by atoms with Gasteiger partial charge in [0.1, 0.15) is 17.7 Å². The van der Waals surface area contributed by atoms with E-state index in [1.54, 1.807) is 4.90 Å². The lowest BCUT2D eigenvalue weighted by Gasteiger charge is -2.57. The van der Waals surface area contributed by atoms with Gasteiger partial charge < -0.3 is 26.0 Å². The number of likely N-dealkylation sites (tertiary alicyclic amines) is 5. The Hall–Kier alpha value is -3.91. The molecule has 8 rings (SSSR count). The van der Waals surface area contributed by atoms with Crippen LogP contribution >= 0.6 is 0 Å². The van der Waals surface area contributed by atoms with Crippen molar-refractivity contribution in [2.24, 2.45) is 5.41 Å². The zero-order chi connectivity index (χ0) is 56.0. The second-order valence-electron chi connectivity index (χ2n) is 29.5. The molecule has 418 valence electrons. The van der Waals surface area contributed by atoms with Crippen LogP contribution in [0.25, 0.3) is 0 Å². The number of hydrogen-bond acceptors (Lipinski definition) is 12. The predicted molar refractivity (Wildman–Crippen MR) is 284 cm³/mol. The van der Waals surface area contributed by atoms with Gasteiger partial charge in [-0.3, -0.25) is 48.6 Å². The van der Waals surface area contributed by atoms with Gasteiger partial charge in [0, 0.05) is 63.8 Å². The van der Waals surface area contributed by atoms with Gasteiger partial charge in [-0.05, 0) is 203 Å². The molecule has 8 fully saturated rings. The Morgan fingerprint density at radius 2 is 0.824 bits per heavy atom. The highest BCUT2D eigenvalue weighted by molar-refractivity contribution is 6.08. The highest BCUT2D eigenvalue weighted by Crippen LogP contribution is 2.53. The lowest BCUT2D eigenvalue weighted by Crippen LogP contribution is -2.68. The standard InChI is InChI=1S/C30H51N5O5.C25H44N6O3/c1-25(2)16-29(17-26(3,4)32(25)9)14-21(37)34(22(29)38)13-11-12-20(36)15-35-23(39)30(31-24(35)40)18-27(5,6)33(10)28(7,8)19-30;1-20(2)11-24(12-21(3,4)28(20)9)15-30(18(33)26-24)16-31-17(32)25(27-19(31)34)13-22(5,6)29(10)23(7,8)14-25/h20,36H,11-19H2,1-10H3,(H,31,40);11-16H2,1-10H3,(H,26,33)(H,27,34). The molecule has 74 heavy (non-hydrogen) atoms. The molecule has 0 radical (unpaired) electrons. The van der Waals surface area contributed by atoms with Crippen LogP contribution in [-0.2, 0) is 19.2 Å². The van der Waals surface area contributed by atoms with Crippen LogP contribution in [-0.4, -0.2) is 208 Å². The number of β-amino-alcohol motifs (C(OH)–C–C–N with tert-alkyl or cyclic N) is 1. The van der Waals surface area contributed by atoms with E-state index in [0.29, 0.717) is 51.5 Å². The number of amides is 10. The van der Waals surface area contributed by atoms with Crippen molar-refractivity contribution in [2.45, 2.75) is 248 Å². The van der Waals surface area contributed by atoms with Gasteiger partial charge in [0.05, 0.1) is 23.6 Å². The summed E-state index contributed by atoms with van der Waals surface area (Å²) in [5, 5.41) is 20.1. The van der Waals surface area contributed by atoms with E-state index in [9.17, 15) is 38.7 Å². The van der Waals surface area contributed by atoms with Crippen molar-refractivity contribution in [3.8, 4) is 0 Å². The Morgan fingerprint density at radius 1 is 0.459 bits per heavy atom. The lowest BCUT2D eigenvalue weighted by atomic mass is 9.63. The molecule has 1 unspecified atom stereocenters. The number of nitrogens with one attached hydrogen (secondary N) is 3. The molecule has 19 heteroatoms. The summed E-state index contributed by atoms with van der Waals surface area (Å²) < 4.78 is 0. The summed E-state index contributed by atoms with van der Waals surface area (Å²) in [7, 11) is 8.33. The average Bonchev–Trinajstić information content (AvgIpc) is 3.80. The molecule has 8 aliphatic rings. The number of urea groups is 3. The van der Waals surface area contributed by atoms with E-state index < -0.39 is 34.7 Å². The van der Waals surface area contributed by atoms with Crippen LogP contribution in [0.3, 0.4) is 0 Å². The maximum absolute atomic E-state index is 13.7. The maximum atomic E-state index is 13.7. The van der Waals surface area contributed by atoms with E-state index in [2.05, 4.69) is 167 Å². The zero-order valence-corrected chi connectivity index (χ0v) is 49.1. The number of hydrogen-bond donors (Lipinski definition) is 4. The normalized spacial score (nSPS) is 30.3. The second-order valence-corrected chi connectivity index (χ2v) is 29.5. The maximum Gasteiger partial charge on any atom is 0.326 e. The topological polar surface area (TPSA) is 202 Å². The van der Waals surface area contributed by atoms with Crippen LogP contribution in [0.4, 0.5) is 14.4 Å². The molecule has 4 spiro atoms. The van der Waals surface area contributed by atoms with Gasteiger partial charge in [-0.25, -0.2) is 19.3 Å². The fourth-order valence-corrected chi connectivity index (χ4v) is 16.3. The minimum absolute atomic E-state index is 0.0204. The first-order valence-electron chi connectivity index (χ1n) is 27.2. The van der Waals surface area contributed by atoms with E-state index in [1.165, 1.54) is 9.80 Å². The molecule has 8 heterocycles. The summed E-state index contributed by atoms with van der Waals surface area (Å²) >= 11 is 0. The van der Waals surface area contributed by atoms with E-state index in [-0.39, 0.29) is 112 Å². The third kappa shape index (κ3) is 9.77. The summed E-state index contributed by atoms with van der Waals surface area (Å²) in [6, 6.07) is -1.08. The van der Waals surface area contributed by atoms with Crippen molar-refractivity contribution in [2.75, 3.05) is 54.5 Å². The fourth-order valence-electron chi connectivity index (χ4n) is 16.3. The average molecular weight is 1040 g/mol. The van der Waals surface area contributed by atoms with Gasteiger partial charge in [0.25, 0.3) is 11.8 Å². The van der Waals surface area contributed by atoms with Crippen molar-refractivity contribution in [1.29, 1.82) is 0 Å². The Bertz CT molecular complexity index is 2260. The molecule has 8 aliphatic heterocycles. The van der Waals surface area contributed by atoms with Crippen LogP contribution < -0.4 is 16.0 Å². The number of rotatable bonds is 8. The quantitative estimate of drug-likeness (QED) is 0.181. The van der Waals surface area contributed by atoms with Crippen molar-refractivity contribution in [3.05, 3.63) is 0 Å². The smallest absolute Gasteiger partial charge is 0.326 e. The van der Waals surface area contributed by atoms with Crippen molar-refractivity contribution >= 4 is 41.7 Å². The Labute approximate surface area is 442 Å². The van der Waals surface area contributed by atoms with E-state index >= 15 is 0 Å². The van der Waals surface area contributed by atoms with E-state index in [0.717, 1.165) is 17.7 Å². The Kier molecular flexibility index (Phi) is 13.9. The first kappa shape index (κ1) is 57.8. The first-order chi connectivity index (χ1) is 33.4. The van der Waals surface area contributed by atoms with Gasteiger partial charge in [0.2, 0.25) is 11.8 Å². The van der Waals surface area contributed by atoms with Crippen LogP contribution in [0.5, 0.6) is 0 Å². The molecule has 8 saturated heterocycles. The van der Waals surface area contributed by atoms with Crippen molar-refractivity contribution in [3.63, 3.8) is 0 Å². The largest absolute Gasteiger partial charge is 0.391 e. The zero-order valence-electron chi connectivity index (χ0n) is 49.1. The highest BCUT2D eigenvalue weighted by Gasteiger charge is 2.64. The van der Waals surface area contributed by atoms with Gasteiger partial charge in [-0.15, -0.1) is 0 Å². The molecule has 19 nitrogen and oxygen atoms in total. The molecule has 0 aromatic carbocycles. The van der Waals surface area contributed by atoms with E-state index in [4.69, 9.17) is 0 Å². The van der Waals surface area contributed by atoms with Crippen molar-refractivity contribution < 1.29 is 38.7 Å². The molecule has 0 aromatic heterocycles. The molecule has 0 bridgehead atoms. The second kappa shape index (κ2) is 17.8. The minimum atomic E-state index is -0.991. The number of aliphatic hydroxyl groups is 1. The van der Waals surface area contributed by atoms with Crippen LogP contribution in [0.15, 0.2) is 0 Å². The Morgan fingerprint density at radius 3 is 1.24 bits per heavy atom. The number of carbonyl (C=O) groups excluding carboxylic acids is 7. The van der Waals surface area contributed by atoms with Crippen LogP contribution in [0.1, 0.15) is 181 Å². The third-order valence-electron chi connectivity index (χ3n) is 20.0. The van der Waals surface area contributed by atoms with Crippen LogP contribution in [0, 0.1) is 5.41 Å². The van der Waals surface area contributed by atoms with Crippen LogP contribution in [0.2, 0.25) is 0 Å². The lowest BCUT2D eigenvalue weighted by molar-refractivity contribution is -0.149. The molecule has 1 atom stereocenters. The van der Waals surface area contributed by atoms with E-state index in [1.807, 2.05) is 7.05 Å². The molecule has 4 N–H and O–H groups in total. The molecule has 10 amide bonds. The molecule has 0 aliphatic carbocycles. The molecule has 0 saturated carbocycles. The third-order valence-corrected chi connectivity index (χ3v) is 20.0. The number of imide groups is 3.